The zero-order valence-electron chi connectivity index (χ0n) is 12.2. The van der Waals surface area contributed by atoms with Crippen LogP contribution in [0.3, 0.4) is 0 Å². The number of fused-ring (bicyclic) bond motifs is 4. The number of para-hydroxylation sites is 1. The Bertz CT molecular complexity index is 940. The van der Waals surface area contributed by atoms with Crippen molar-refractivity contribution in [2.24, 2.45) is 0 Å². The summed E-state index contributed by atoms with van der Waals surface area (Å²) in [6.45, 7) is 0. The van der Waals surface area contributed by atoms with E-state index >= 15 is 0 Å². The van der Waals surface area contributed by atoms with E-state index < -0.39 is 0 Å². The van der Waals surface area contributed by atoms with E-state index in [0.717, 1.165) is 24.2 Å². The summed E-state index contributed by atoms with van der Waals surface area (Å²) in [4.78, 5) is 4.64. The van der Waals surface area contributed by atoms with Gasteiger partial charge in [-0.1, -0.05) is 18.2 Å². The Balaban J connectivity index is 1.92. The van der Waals surface area contributed by atoms with Crippen molar-refractivity contribution in [3.05, 3.63) is 60.2 Å². The molecule has 3 nitrogen and oxygen atoms in total. The number of aromatic nitrogens is 2. The molecule has 1 aliphatic rings. The molecule has 1 aliphatic carbocycles. The molecule has 0 fully saturated rings. The lowest BCUT2D eigenvalue weighted by Gasteiger charge is -2.12. The number of hydrogen-bond acceptors (Lipinski definition) is 2. The van der Waals surface area contributed by atoms with Gasteiger partial charge in [0.15, 0.2) is 0 Å². The van der Waals surface area contributed by atoms with Crippen molar-refractivity contribution in [1.82, 2.24) is 9.55 Å². The fourth-order valence-electron chi connectivity index (χ4n) is 3.70. The van der Waals surface area contributed by atoms with Crippen LogP contribution in [0.1, 0.15) is 24.2 Å². The second kappa shape index (κ2) is 4.47. The molecule has 0 amide bonds. The molecule has 1 aromatic carbocycles. The van der Waals surface area contributed by atoms with E-state index in [4.69, 9.17) is 4.42 Å². The molecule has 0 atom stereocenters. The summed E-state index contributed by atoms with van der Waals surface area (Å²) in [6.07, 6.45) is 8.40. The summed E-state index contributed by atoms with van der Waals surface area (Å²) in [5, 5.41) is 2.44. The first kappa shape index (κ1) is 12.0. The predicted octanol–water partition coefficient (Wildman–Crippen LogP) is 4.65. The highest BCUT2D eigenvalue weighted by Gasteiger charge is 2.21. The molecule has 5 rings (SSSR count). The molecular weight excluding hydrogens is 272 g/mol. The van der Waals surface area contributed by atoms with Gasteiger partial charge in [0.1, 0.15) is 17.7 Å². The lowest BCUT2D eigenvalue weighted by molar-refractivity contribution is 0.478. The first-order chi connectivity index (χ1) is 10.9. The van der Waals surface area contributed by atoms with Gasteiger partial charge in [0.05, 0.1) is 11.2 Å². The van der Waals surface area contributed by atoms with Crippen molar-refractivity contribution in [1.29, 1.82) is 0 Å². The molecule has 4 aromatic rings. The molecule has 0 N–H and O–H groups in total. The Morgan fingerprint density at radius 3 is 2.82 bits per heavy atom. The highest BCUT2D eigenvalue weighted by atomic mass is 16.3. The number of nitrogens with zero attached hydrogens (tertiary/aromatic N) is 2. The number of benzene rings is 1. The number of hydrogen-bond donors (Lipinski definition) is 0. The average molecular weight is 288 g/mol. The summed E-state index contributed by atoms with van der Waals surface area (Å²) in [5.41, 5.74) is 4.74. The van der Waals surface area contributed by atoms with Gasteiger partial charge in [-0.3, -0.25) is 4.57 Å². The maximum absolute atomic E-state index is 5.86. The van der Waals surface area contributed by atoms with Crippen LogP contribution in [0.25, 0.3) is 27.6 Å². The van der Waals surface area contributed by atoms with Crippen molar-refractivity contribution in [3.63, 3.8) is 0 Å². The van der Waals surface area contributed by atoms with Crippen molar-refractivity contribution in [2.75, 3.05) is 0 Å². The lowest BCUT2D eigenvalue weighted by atomic mass is 9.97. The van der Waals surface area contributed by atoms with Crippen LogP contribution in [-0.4, -0.2) is 9.55 Å². The van der Waals surface area contributed by atoms with Crippen LogP contribution in [0, 0.1) is 0 Å². The quantitative estimate of drug-likeness (QED) is 0.510. The smallest absolute Gasteiger partial charge is 0.145 e. The van der Waals surface area contributed by atoms with Gasteiger partial charge in [-0.05, 0) is 37.5 Å². The molecule has 0 radical (unpaired) electrons. The number of rotatable bonds is 1. The summed E-state index contributed by atoms with van der Waals surface area (Å²) >= 11 is 0. The Morgan fingerprint density at radius 2 is 1.82 bits per heavy atom. The van der Waals surface area contributed by atoms with Crippen molar-refractivity contribution in [2.45, 2.75) is 25.7 Å². The van der Waals surface area contributed by atoms with E-state index in [1.54, 1.807) is 0 Å². The van der Waals surface area contributed by atoms with Gasteiger partial charge in [-0.2, -0.15) is 0 Å². The Kier molecular flexibility index (Phi) is 2.45. The third-order valence-electron chi connectivity index (χ3n) is 4.71. The van der Waals surface area contributed by atoms with Crippen LogP contribution in [0.4, 0.5) is 0 Å². The number of aryl methyl sites for hydroxylation is 1. The van der Waals surface area contributed by atoms with Crippen LogP contribution >= 0.6 is 0 Å². The Labute approximate surface area is 128 Å². The highest BCUT2D eigenvalue weighted by molar-refractivity contribution is 6.07. The van der Waals surface area contributed by atoms with Crippen molar-refractivity contribution >= 4 is 21.9 Å². The molecule has 3 aromatic heterocycles. The summed E-state index contributed by atoms with van der Waals surface area (Å²) in [5.74, 6) is 1.16. The SMILES string of the molecule is c1ccc2c(c1)c1cccnc1n2-c1coc2c1CCCC2. The first-order valence-corrected chi connectivity index (χ1v) is 7.87. The third-order valence-corrected chi connectivity index (χ3v) is 4.71. The molecule has 0 aliphatic heterocycles. The maximum Gasteiger partial charge on any atom is 0.145 e. The fraction of sp³-hybridized carbons (Fsp3) is 0.211. The largest absolute Gasteiger partial charge is 0.467 e. The van der Waals surface area contributed by atoms with E-state index in [2.05, 4.69) is 39.9 Å². The monoisotopic (exact) mass is 288 g/mol. The van der Waals surface area contributed by atoms with Gasteiger partial charge in [0, 0.05) is 29.0 Å². The van der Waals surface area contributed by atoms with Crippen LogP contribution < -0.4 is 0 Å². The molecule has 22 heavy (non-hydrogen) atoms. The molecular formula is C19H16N2O. The maximum atomic E-state index is 5.86. The summed E-state index contributed by atoms with van der Waals surface area (Å²) in [6, 6.07) is 12.7. The molecule has 0 bridgehead atoms. The highest BCUT2D eigenvalue weighted by Crippen LogP contribution is 2.35. The molecule has 0 unspecified atom stereocenters. The lowest BCUT2D eigenvalue weighted by Crippen LogP contribution is -2.04. The third kappa shape index (κ3) is 1.54. The van der Waals surface area contributed by atoms with Gasteiger partial charge in [-0.25, -0.2) is 4.98 Å². The first-order valence-electron chi connectivity index (χ1n) is 7.87. The molecule has 0 spiro atoms. The van der Waals surface area contributed by atoms with Gasteiger partial charge >= 0.3 is 0 Å². The predicted molar refractivity (Wildman–Crippen MR) is 87.5 cm³/mol. The zero-order valence-corrected chi connectivity index (χ0v) is 12.2. The number of pyridine rings is 1. The van der Waals surface area contributed by atoms with Crippen molar-refractivity contribution in [3.8, 4) is 5.69 Å². The van der Waals surface area contributed by atoms with Crippen LogP contribution in [-0.2, 0) is 12.8 Å². The zero-order chi connectivity index (χ0) is 14.5. The van der Waals surface area contributed by atoms with E-state index in [1.807, 2.05) is 18.5 Å². The minimum atomic E-state index is 1.01. The second-order valence-corrected chi connectivity index (χ2v) is 5.96. The Hall–Kier alpha value is -2.55. The van der Waals surface area contributed by atoms with Crippen molar-refractivity contribution < 1.29 is 4.42 Å². The average Bonchev–Trinajstić information content (AvgIpc) is 3.14. The second-order valence-electron chi connectivity index (χ2n) is 5.96. The van der Waals surface area contributed by atoms with Crippen LogP contribution in [0.5, 0.6) is 0 Å². The molecule has 3 heteroatoms. The molecule has 3 heterocycles. The fourth-order valence-corrected chi connectivity index (χ4v) is 3.70. The minimum Gasteiger partial charge on any atom is -0.467 e. The number of furan rings is 1. The van der Waals surface area contributed by atoms with Gasteiger partial charge in [0.2, 0.25) is 0 Å². The van der Waals surface area contributed by atoms with Gasteiger partial charge < -0.3 is 4.42 Å². The molecule has 0 saturated carbocycles. The summed E-state index contributed by atoms with van der Waals surface area (Å²) < 4.78 is 8.12. The topological polar surface area (TPSA) is 31.0 Å². The van der Waals surface area contributed by atoms with Gasteiger partial charge in [-0.15, -0.1) is 0 Å². The van der Waals surface area contributed by atoms with E-state index in [9.17, 15) is 0 Å². The van der Waals surface area contributed by atoms with E-state index in [1.165, 1.54) is 40.4 Å². The summed E-state index contributed by atoms with van der Waals surface area (Å²) in [7, 11) is 0. The molecule has 108 valence electrons. The normalized spacial score (nSPS) is 14.5. The molecule has 0 saturated heterocycles. The van der Waals surface area contributed by atoms with E-state index in [0.29, 0.717) is 0 Å². The van der Waals surface area contributed by atoms with Crippen LogP contribution in [0.15, 0.2) is 53.3 Å². The minimum absolute atomic E-state index is 1.01. The Morgan fingerprint density at radius 1 is 0.955 bits per heavy atom. The standard InChI is InChI=1S/C19H16N2O/c1-3-9-16-13(6-1)14-8-5-11-20-19(14)21(16)17-12-22-18-10-4-2-7-15(17)18/h1,3,5-6,8-9,11-12H,2,4,7,10H2. The van der Waals surface area contributed by atoms with E-state index in [-0.39, 0.29) is 0 Å². The van der Waals surface area contributed by atoms with Crippen LogP contribution in [0.2, 0.25) is 0 Å². The van der Waals surface area contributed by atoms with Gasteiger partial charge in [0.25, 0.3) is 0 Å².